The van der Waals surface area contributed by atoms with Crippen LogP contribution in [-0.4, -0.2) is 41.6 Å². The van der Waals surface area contributed by atoms with E-state index < -0.39 is 0 Å². The predicted molar refractivity (Wildman–Crippen MR) is 102 cm³/mol. The fraction of sp³-hybridized carbons (Fsp3) is 0.524. The SMILES string of the molecule is Cc1noc(C)c1CCC(=O)N[C@H]1CCCN(CCc2ccccc2)C1. The van der Waals surface area contributed by atoms with Crippen LogP contribution in [0.2, 0.25) is 0 Å². The van der Waals surface area contributed by atoms with Crippen LogP contribution in [-0.2, 0) is 17.6 Å². The van der Waals surface area contributed by atoms with Gasteiger partial charge >= 0.3 is 0 Å². The highest BCUT2D eigenvalue weighted by Gasteiger charge is 2.21. The summed E-state index contributed by atoms with van der Waals surface area (Å²) in [6.45, 7) is 6.95. The molecule has 140 valence electrons. The molecule has 0 bridgehead atoms. The van der Waals surface area contributed by atoms with Gasteiger partial charge in [0.25, 0.3) is 0 Å². The fourth-order valence-corrected chi connectivity index (χ4v) is 3.71. The Morgan fingerprint density at radius 1 is 1.27 bits per heavy atom. The number of aromatic nitrogens is 1. The minimum absolute atomic E-state index is 0.125. The molecule has 1 saturated heterocycles. The summed E-state index contributed by atoms with van der Waals surface area (Å²) in [6, 6.07) is 10.9. The molecule has 3 rings (SSSR count). The normalized spacial score (nSPS) is 18.0. The summed E-state index contributed by atoms with van der Waals surface area (Å²) in [6.07, 6.45) is 4.46. The molecular weight excluding hydrogens is 326 g/mol. The van der Waals surface area contributed by atoms with Crippen LogP contribution in [0.3, 0.4) is 0 Å². The Labute approximate surface area is 155 Å². The van der Waals surface area contributed by atoms with Crippen molar-refractivity contribution in [1.29, 1.82) is 0 Å². The molecule has 26 heavy (non-hydrogen) atoms. The standard InChI is InChI=1S/C21H29N3O2/c1-16-20(17(2)26-23-16)10-11-21(25)22-19-9-6-13-24(15-19)14-12-18-7-4-3-5-8-18/h3-5,7-8,19H,6,9-15H2,1-2H3,(H,22,25)/t19-/m0/s1. The monoisotopic (exact) mass is 355 g/mol. The highest BCUT2D eigenvalue weighted by molar-refractivity contribution is 5.76. The van der Waals surface area contributed by atoms with E-state index in [0.717, 1.165) is 55.9 Å². The van der Waals surface area contributed by atoms with Gasteiger partial charge in [0, 0.05) is 31.1 Å². The van der Waals surface area contributed by atoms with Crippen LogP contribution in [0.25, 0.3) is 0 Å². The van der Waals surface area contributed by atoms with Crippen molar-refractivity contribution in [2.45, 2.75) is 52.0 Å². The molecule has 5 heteroatoms. The molecule has 0 aliphatic carbocycles. The molecule has 0 saturated carbocycles. The number of hydrogen-bond donors (Lipinski definition) is 1. The maximum atomic E-state index is 12.3. The van der Waals surface area contributed by atoms with E-state index in [1.54, 1.807) is 0 Å². The summed E-state index contributed by atoms with van der Waals surface area (Å²) in [7, 11) is 0. The minimum atomic E-state index is 0.125. The molecule has 1 N–H and O–H groups in total. The van der Waals surface area contributed by atoms with Crippen LogP contribution in [0.1, 0.15) is 41.8 Å². The summed E-state index contributed by atoms with van der Waals surface area (Å²) >= 11 is 0. The van der Waals surface area contributed by atoms with Crippen LogP contribution in [0, 0.1) is 13.8 Å². The molecule has 1 aromatic heterocycles. The van der Waals surface area contributed by atoms with Crippen LogP contribution in [0.5, 0.6) is 0 Å². The number of hydrogen-bond acceptors (Lipinski definition) is 4. The smallest absolute Gasteiger partial charge is 0.220 e. The maximum Gasteiger partial charge on any atom is 0.220 e. The van der Waals surface area contributed by atoms with Gasteiger partial charge in [-0.15, -0.1) is 0 Å². The first-order valence-electron chi connectivity index (χ1n) is 9.59. The maximum absolute atomic E-state index is 12.3. The number of carbonyl (C=O) groups excluding carboxylic acids is 1. The van der Waals surface area contributed by atoms with Crippen molar-refractivity contribution in [3.8, 4) is 0 Å². The van der Waals surface area contributed by atoms with Crippen LogP contribution in [0.15, 0.2) is 34.9 Å². The van der Waals surface area contributed by atoms with Gasteiger partial charge in [0.1, 0.15) is 5.76 Å². The lowest BCUT2D eigenvalue weighted by Crippen LogP contribution is -2.48. The Kier molecular flexibility index (Phi) is 6.45. The van der Waals surface area contributed by atoms with Gasteiger partial charge in [-0.25, -0.2) is 0 Å². The third-order valence-corrected chi connectivity index (χ3v) is 5.21. The van der Waals surface area contributed by atoms with Crippen molar-refractivity contribution in [2.24, 2.45) is 0 Å². The van der Waals surface area contributed by atoms with Crippen molar-refractivity contribution in [3.63, 3.8) is 0 Å². The van der Waals surface area contributed by atoms with Gasteiger partial charge in [0.05, 0.1) is 5.69 Å². The number of piperidine rings is 1. The van der Waals surface area contributed by atoms with Crippen molar-refractivity contribution in [2.75, 3.05) is 19.6 Å². The molecule has 1 aromatic carbocycles. The summed E-state index contributed by atoms with van der Waals surface area (Å²) in [5.41, 5.74) is 3.33. The molecule has 0 spiro atoms. The van der Waals surface area contributed by atoms with Crippen molar-refractivity contribution < 1.29 is 9.32 Å². The highest BCUT2D eigenvalue weighted by Crippen LogP contribution is 2.15. The lowest BCUT2D eigenvalue weighted by Gasteiger charge is -2.33. The number of aryl methyl sites for hydroxylation is 2. The number of benzene rings is 1. The second-order valence-electron chi connectivity index (χ2n) is 7.25. The van der Waals surface area contributed by atoms with E-state index in [-0.39, 0.29) is 11.9 Å². The van der Waals surface area contributed by atoms with Gasteiger partial charge in [0.2, 0.25) is 5.91 Å². The Bertz CT molecular complexity index is 692. The Morgan fingerprint density at radius 3 is 2.81 bits per heavy atom. The number of nitrogens with zero attached hydrogens (tertiary/aromatic N) is 2. The lowest BCUT2D eigenvalue weighted by molar-refractivity contribution is -0.122. The quantitative estimate of drug-likeness (QED) is 0.829. The van der Waals surface area contributed by atoms with E-state index in [9.17, 15) is 4.79 Å². The molecule has 0 radical (unpaired) electrons. The first kappa shape index (κ1) is 18.6. The van der Waals surface area contributed by atoms with Crippen molar-refractivity contribution in [1.82, 2.24) is 15.4 Å². The number of nitrogens with one attached hydrogen (secondary N) is 1. The van der Waals surface area contributed by atoms with Crippen molar-refractivity contribution >= 4 is 5.91 Å². The van der Waals surface area contributed by atoms with Gasteiger partial charge in [-0.05, 0) is 51.6 Å². The summed E-state index contributed by atoms with van der Waals surface area (Å²) in [4.78, 5) is 14.8. The molecule has 1 fully saturated rings. The number of amides is 1. The molecule has 0 unspecified atom stereocenters. The molecule has 1 amide bonds. The number of likely N-dealkylation sites (tertiary alicyclic amines) is 1. The largest absolute Gasteiger partial charge is 0.361 e. The Balaban J connectivity index is 1.42. The Hall–Kier alpha value is -2.14. The van der Waals surface area contributed by atoms with E-state index in [2.05, 4.69) is 45.7 Å². The van der Waals surface area contributed by atoms with E-state index in [1.165, 1.54) is 5.56 Å². The summed E-state index contributed by atoms with van der Waals surface area (Å²) < 4.78 is 5.17. The minimum Gasteiger partial charge on any atom is -0.361 e. The van der Waals surface area contributed by atoms with Crippen molar-refractivity contribution in [3.05, 3.63) is 52.9 Å². The van der Waals surface area contributed by atoms with Gasteiger partial charge < -0.3 is 14.7 Å². The zero-order valence-corrected chi connectivity index (χ0v) is 15.8. The van der Waals surface area contributed by atoms with Crippen LogP contribution >= 0.6 is 0 Å². The van der Waals surface area contributed by atoms with Crippen LogP contribution in [0.4, 0.5) is 0 Å². The Morgan fingerprint density at radius 2 is 2.08 bits per heavy atom. The third-order valence-electron chi connectivity index (χ3n) is 5.21. The molecule has 1 aliphatic rings. The number of rotatable bonds is 7. The molecule has 2 heterocycles. The molecule has 5 nitrogen and oxygen atoms in total. The van der Waals surface area contributed by atoms with Gasteiger partial charge in [-0.1, -0.05) is 35.5 Å². The van der Waals surface area contributed by atoms with Gasteiger partial charge in [-0.2, -0.15) is 0 Å². The van der Waals surface area contributed by atoms with E-state index >= 15 is 0 Å². The highest BCUT2D eigenvalue weighted by atomic mass is 16.5. The first-order valence-corrected chi connectivity index (χ1v) is 9.59. The fourth-order valence-electron chi connectivity index (χ4n) is 3.71. The molecular formula is C21H29N3O2. The van der Waals surface area contributed by atoms with Gasteiger partial charge in [-0.3, -0.25) is 4.79 Å². The van der Waals surface area contributed by atoms with E-state index in [4.69, 9.17) is 4.52 Å². The third kappa shape index (κ3) is 5.18. The summed E-state index contributed by atoms with van der Waals surface area (Å²) in [5, 5.41) is 7.17. The second-order valence-corrected chi connectivity index (χ2v) is 7.25. The first-order chi connectivity index (χ1) is 12.6. The predicted octanol–water partition coefficient (Wildman–Crippen LogP) is 3.05. The molecule has 2 aromatic rings. The lowest BCUT2D eigenvalue weighted by atomic mass is 10.0. The topological polar surface area (TPSA) is 58.4 Å². The van der Waals surface area contributed by atoms with E-state index in [1.807, 2.05) is 13.8 Å². The zero-order valence-electron chi connectivity index (χ0n) is 15.8. The summed E-state index contributed by atoms with van der Waals surface area (Å²) in [5.74, 6) is 0.944. The van der Waals surface area contributed by atoms with E-state index in [0.29, 0.717) is 12.8 Å². The molecule has 1 aliphatic heterocycles. The van der Waals surface area contributed by atoms with Crippen LogP contribution < -0.4 is 5.32 Å². The molecule has 1 atom stereocenters. The van der Waals surface area contributed by atoms with Gasteiger partial charge in [0.15, 0.2) is 0 Å². The number of carbonyl (C=O) groups is 1. The average Bonchev–Trinajstić information content (AvgIpc) is 2.97. The second kappa shape index (κ2) is 8.99. The zero-order chi connectivity index (χ0) is 18.4. The average molecular weight is 355 g/mol.